The molecule has 2 aliphatic carbocycles. The first-order chi connectivity index (χ1) is 24.5. The summed E-state index contributed by atoms with van der Waals surface area (Å²) in [4.78, 5) is 46.0. The molecule has 52 heavy (non-hydrogen) atoms. The number of aromatic amines is 2. The van der Waals surface area contributed by atoms with Crippen molar-refractivity contribution in [1.29, 1.82) is 0 Å². The van der Waals surface area contributed by atoms with Crippen molar-refractivity contribution in [3.8, 4) is 0 Å². The summed E-state index contributed by atoms with van der Waals surface area (Å²) in [5.41, 5.74) is 1.07. The van der Waals surface area contributed by atoms with E-state index in [0.717, 1.165) is 37.8 Å². The van der Waals surface area contributed by atoms with Crippen molar-refractivity contribution in [3.05, 3.63) is 103 Å². The van der Waals surface area contributed by atoms with E-state index in [1.807, 2.05) is 0 Å². The van der Waals surface area contributed by atoms with Crippen LogP contribution >= 0.6 is 0 Å². The van der Waals surface area contributed by atoms with Crippen LogP contribution in [0.2, 0.25) is 0 Å². The molecule has 12 nitrogen and oxygen atoms in total. The van der Waals surface area contributed by atoms with Crippen LogP contribution in [0, 0.1) is 13.8 Å². The van der Waals surface area contributed by atoms with Gasteiger partial charge in [-0.2, -0.15) is 36.5 Å². The van der Waals surface area contributed by atoms with Gasteiger partial charge in [-0.1, -0.05) is 12.1 Å². The zero-order valence-corrected chi connectivity index (χ0v) is 28.3. The van der Waals surface area contributed by atoms with Crippen LogP contribution in [0.5, 0.6) is 0 Å². The number of aryl methyl sites for hydroxylation is 2. The van der Waals surface area contributed by atoms with Crippen LogP contribution in [-0.4, -0.2) is 49.5 Å². The van der Waals surface area contributed by atoms with E-state index >= 15 is 0 Å². The standard InChI is InChI=1S/2C17H16F3N5O/c2*1-8(11-5-6-12(21-7-11)17(18,19)20)25-15-13(14(24-25)10-3-4-10)16(26)23-9(2)22-15/h2*5-8,10H,3-4H2,1-2H3,(H,22,23,26)/t2*8-/m10/s1. The van der Waals surface area contributed by atoms with Crippen LogP contribution in [0.4, 0.5) is 26.3 Å². The number of aromatic nitrogens is 10. The van der Waals surface area contributed by atoms with E-state index in [1.54, 1.807) is 37.1 Å². The minimum Gasteiger partial charge on any atom is -0.310 e. The SMILES string of the molecule is Cc1nc2c(c(C3CC3)nn2[C@@H](C)c2ccc(C(F)(F)F)nc2)c(=O)[nH]1.Cc1nc2c(c(C3CC3)nn2[C@H](C)c2ccc(C(F)(F)F)nc2)c(=O)[nH]1. The van der Waals surface area contributed by atoms with Crippen molar-refractivity contribution in [2.75, 3.05) is 0 Å². The summed E-state index contributed by atoms with van der Waals surface area (Å²) in [6.45, 7) is 6.95. The van der Waals surface area contributed by atoms with Crippen molar-refractivity contribution >= 4 is 22.1 Å². The van der Waals surface area contributed by atoms with Crippen LogP contribution in [0.15, 0.2) is 46.2 Å². The smallest absolute Gasteiger partial charge is 0.310 e. The molecular formula is C34H32F6N10O2. The maximum atomic E-state index is 12.7. The first kappa shape index (κ1) is 35.0. The third-order valence-corrected chi connectivity index (χ3v) is 9.19. The van der Waals surface area contributed by atoms with Crippen LogP contribution in [0.25, 0.3) is 22.1 Å². The topological polar surface area (TPSA) is 153 Å². The number of nitrogens with one attached hydrogen (secondary N) is 2. The number of H-pyrrole nitrogens is 2. The summed E-state index contributed by atoms with van der Waals surface area (Å²) >= 11 is 0. The average molecular weight is 727 g/mol. The molecule has 0 spiro atoms. The Bertz CT molecular complexity index is 2230. The summed E-state index contributed by atoms with van der Waals surface area (Å²) in [7, 11) is 0. The predicted octanol–water partition coefficient (Wildman–Crippen LogP) is 6.66. The highest BCUT2D eigenvalue weighted by Crippen LogP contribution is 2.43. The van der Waals surface area contributed by atoms with E-state index in [2.05, 4.69) is 40.1 Å². The van der Waals surface area contributed by atoms with Crippen molar-refractivity contribution in [2.24, 2.45) is 0 Å². The minimum absolute atomic E-state index is 0.238. The summed E-state index contributed by atoms with van der Waals surface area (Å²) in [6, 6.07) is 3.84. The molecule has 2 saturated carbocycles. The van der Waals surface area contributed by atoms with Crippen molar-refractivity contribution in [2.45, 2.75) is 89.7 Å². The molecule has 0 aromatic carbocycles. The molecule has 272 valence electrons. The lowest BCUT2D eigenvalue weighted by Crippen LogP contribution is -2.14. The summed E-state index contributed by atoms with van der Waals surface area (Å²) in [5.74, 6) is 1.40. The van der Waals surface area contributed by atoms with Gasteiger partial charge in [-0.25, -0.2) is 19.3 Å². The van der Waals surface area contributed by atoms with Gasteiger partial charge in [0.25, 0.3) is 11.1 Å². The van der Waals surface area contributed by atoms with E-state index < -0.39 is 35.8 Å². The molecule has 2 N–H and O–H groups in total. The molecule has 0 bridgehead atoms. The lowest BCUT2D eigenvalue weighted by Gasteiger charge is -2.14. The van der Waals surface area contributed by atoms with E-state index in [0.29, 0.717) is 56.2 Å². The van der Waals surface area contributed by atoms with Crippen LogP contribution in [0.1, 0.15) is 109 Å². The maximum absolute atomic E-state index is 12.7. The molecule has 2 fully saturated rings. The van der Waals surface area contributed by atoms with Crippen molar-refractivity contribution in [3.63, 3.8) is 0 Å². The van der Waals surface area contributed by atoms with Crippen LogP contribution in [0.3, 0.4) is 0 Å². The van der Waals surface area contributed by atoms with Crippen LogP contribution in [-0.2, 0) is 12.4 Å². The molecule has 0 saturated heterocycles. The first-order valence-corrected chi connectivity index (χ1v) is 16.6. The Kier molecular flexibility index (Phi) is 8.52. The molecule has 0 unspecified atom stereocenters. The number of hydrogen-bond acceptors (Lipinski definition) is 8. The summed E-state index contributed by atoms with van der Waals surface area (Å²) in [6.07, 6.45) is -2.71. The minimum atomic E-state index is -4.48. The lowest BCUT2D eigenvalue weighted by atomic mass is 10.1. The van der Waals surface area contributed by atoms with Gasteiger partial charge in [0, 0.05) is 24.2 Å². The first-order valence-electron chi connectivity index (χ1n) is 16.6. The van der Waals surface area contributed by atoms with E-state index in [9.17, 15) is 35.9 Å². The Morgan fingerprint density at radius 1 is 0.654 bits per heavy atom. The number of hydrogen-bond donors (Lipinski definition) is 2. The van der Waals surface area contributed by atoms with Gasteiger partial charge in [-0.15, -0.1) is 0 Å². The Labute approximate surface area is 290 Å². The monoisotopic (exact) mass is 726 g/mol. The second-order valence-electron chi connectivity index (χ2n) is 13.2. The largest absolute Gasteiger partial charge is 0.433 e. The summed E-state index contributed by atoms with van der Waals surface area (Å²) in [5, 5.41) is 10.1. The van der Waals surface area contributed by atoms with Gasteiger partial charge < -0.3 is 9.97 Å². The molecule has 2 aliphatic rings. The number of rotatable bonds is 6. The fraction of sp³-hybridized carbons (Fsp3) is 0.412. The van der Waals surface area contributed by atoms with E-state index in [-0.39, 0.29) is 23.0 Å². The number of fused-ring (bicyclic) bond motifs is 2. The Morgan fingerprint density at radius 2 is 1.02 bits per heavy atom. The lowest BCUT2D eigenvalue weighted by molar-refractivity contribution is -0.142. The van der Waals surface area contributed by atoms with Crippen LogP contribution < -0.4 is 11.1 Å². The Balaban J connectivity index is 0.000000162. The molecular weight excluding hydrogens is 694 g/mol. The highest BCUT2D eigenvalue weighted by atomic mass is 19.4. The molecule has 0 amide bonds. The second-order valence-corrected chi connectivity index (χ2v) is 13.2. The second kappa shape index (κ2) is 12.7. The Morgan fingerprint density at radius 3 is 1.31 bits per heavy atom. The highest BCUT2D eigenvalue weighted by Gasteiger charge is 2.35. The van der Waals surface area contributed by atoms with E-state index in [4.69, 9.17) is 0 Å². The molecule has 6 aromatic rings. The molecule has 18 heteroatoms. The van der Waals surface area contributed by atoms with Gasteiger partial charge in [0.2, 0.25) is 0 Å². The third kappa shape index (κ3) is 6.68. The van der Waals surface area contributed by atoms with E-state index in [1.165, 1.54) is 24.5 Å². The summed E-state index contributed by atoms with van der Waals surface area (Å²) < 4.78 is 79.5. The predicted molar refractivity (Wildman–Crippen MR) is 176 cm³/mol. The Hall–Kier alpha value is -5.42. The molecule has 0 radical (unpaired) electrons. The zero-order valence-electron chi connectivity index (χ0n) is 28.3. The quantitative estimate of drug-likeness (QED) is 0.181. The van der Waals surface area contributed by atoms with Crippen molar-refractivity contribution < 1.29 is 26.3 Å². The maximum Gasteiger partial charge on any atom is 0.433 e. The molecule has 8 rings (SSSR count). The fourth-order valence-electron chi connectivity index (χ4n) is 6.11. The molecule has 0 aliphatic heterocycles. The van der Waals surface area contributed by atoms with Gasteiger partial charge in [-0.3, -0.25) is 19.6 Å². The van der Waals surface area contributed by atoms with Gasteiger partial charge in [-0.05, 0) is 76.6 Å². The molecule has 6 aromatic heterocycles. The number of halogens is 6. The normalized spacial score (nSPS) is 16.2. The molecule has 6 heterocycles. The van der Waals surface area contributed by atoms with Gasteiger partial charge in [0.05, 0.1) is 23.5 Å². The molecule has 2 atom stereocenters. The van der Waals surface area contributed by atoms with Gasteiger partial charge >= 0.3 is 12.4 Å². The number of nitrogens with zero attached hydrogens (tertiary/aromatic N) is 8. The number of pyridine rings is 2. The van der Waals surface area contributed by atoms with Crippen molar-refractivity contribution in [1.82, 2.24) is 49.5 Å². The van der Waals surface area contributed by atoms with Gasteiger partial charge in [0.15, 0.2) is 11.3 Å². The number of alkyl halides is 6. The highest BCUT2D eigenvalue weighted by molar-refractivity contribution is 5.79. The van der Waals surface area contributed by atoms with Gasteiger partial charge in [0.1, 0.15) is 33.8 Å². The zero-order chi connectivity index (χ0) is 37.3. The third-order valence-electron chi connectivity index (χ3n) is 9.19. The fourth-order valence-corrected chi connectivity index (χ4v) is 6.11. The average Bonchev–Trinajstić information content (AvgIpc) is 4.03.